The van der Waals surface area contributed by atoms with Crippen LogP contribution in [0.3, 0.4) is 0 Å². The molecule has 1 saturated heterocycles. The molecule has 0 bridgehead atoms. The van der Waals surface area contributed by atoms with Gasteiger partial charge in [-0.05, 0) is 109 Å². The number of aryl methyl sites for hydroxylation is 2. The fraction of sp³-hybridized carbons (Fsp3) is 0.333. The molecule has 49 heavy (non-hydrogen) atoms. The summed E-state index contributed by atoms with van der Waals surface area (Å²) in [5.74, 6) is -0.805. The number of nitrogens with zero attached hydrogens (tertiary/aromatic N) is 4. The predicted octanol–water partition coefficient (Wildman–Crippen LogP) is 2.35. The zero-order chi connectivity index (χ0) is 34.7. The van der Waals surface area contributed by atoms with Gasteiger partial charge in [0, 0.05) is 31.8 Å². The molecular weight excluding hydrogens is 627 g/mol. The normalized spacial score (nSPS) is 16.2. The number of rotatable bonds is 9. The number of benzene rings is 3. The van der Waals surface area contributed by atoms with Crippen LogP contribution in [0.15, 0.2) is 65.5 Å². The molecule has 6 rings (SSSR count). The molecule has 0 spiro atoms. The third-order valence-electron chi connectivity index (χ3n) is 9.54. The minimum Gasteiger partial charge on any atom is -0.355 e. The van der Waals surface area contributed by atoms with Gasteiger partial charge in [0.2, 0.25) is 5.91 Å². The molecule has 3 amide bonds. The summed E-state index contributed by atoms with van der Waals surface area (Å²) < 4.78 is 15.0. The molecule has 12 nitrogen and oxygen atoms in total. The molecule has 0 unspecified atom stereocenters. The number of halogens is 1. The smallest absolute Gasteiger partial charge is 0.348 e. The van der Waals surface area contributed by atoms with Gasteiger partial charge in [-0.3, -0.25) is 19.4 Å². The van der Waals surface area contributed by atoms with Crippen molar-refractivity contribution < 1.29 is 18.8 Å². The Labute approximate surface area is 282 Å². The molecule has 2 heterocycles. The highest BCUT2D eigenvalue weighted by Gasteiger charge is 2.44. The summed E-state index contributed by atoms with van der Waals surface area (Å²) >= 11 is 0. The second-order valence-electron chi connectivity index (χ2n) is 12.3. The Balaban J connectivity index is 1.50. The van der Waals surface area contributed by atoms with Crippen LogP contribution in [0.4, 0.5) is 4.39 Å². The minimum absolute atomic E-state index is 0.0136. The Hall–Kier alpha value is -5.61. The van der Waals surface area contributed by atoms with E-state index < -0.39 is 23.0 Å². The highest BCUT2D eigenvalue weighted by molar-refractivity contribution is 5.95. The first-order chi connectivity index (χ1) is 23.7. The molecule has 1 atom stereocenters. The number of likely N-dealkylation sites (tertiary alicyclic amines) is 1. The van der Waals surface area contributed by atoms with E-state index in [1.54, 1.807) is 31.1 Å². The van der Waals surface area contributed by atoms with E-state index in [4.69, 9.17) is 5.10 Å². The van der Waals surface area contributed by atoms with Crippen LogP contribution in [0.25, 0.3) is 5.69 Å². The number of nitrogens with one attached hydrogen (secondary N) is 4. The monoisotopic (exact) mass is 664 g/mol. The second kappa shape index (κ2) is 13.9. The van der Waals surface area contributed by atoms with Crippen molar-refractivity contribution in [1.29, 1.82) is 5.26 Å². The van der Waals surface area contributed by atoms with Crippen LogP contribution < -0.4 is 21.6 Å². The van der Waals surface area contributed by atoms with Crippen molar-refractivity contribution >= 4 is 17.7 Å². The van der Waals surface area contributed by atoms with Gasteiger partial charge in [-0.2, -0.15) is 9.94 Å². The minimum atomic E-state index is -1.12. The molecule has 13 heteroatoms. The van der Waals surface area contributed by atoms with Crippen LogP contribution in [-0.4, -0.2) is 77.2 Å². The molecule has 3 aromatic carbocycles. The van der Waals surface area contributed by atoms with Crippen LogP contribution >= 0.6 is 0 Å². The van der Waals surface area contributed by atoms with E-state index in [1.807, 2.05) is 24.3 Å². The summed E-state index contributed by atoms with van der Waals surface area (Å²) in [7, 11) is 3.13. The van der Waals surface area contributed by atoms with E-state index in [0.717, 1.165) is 28.7 Å². The van der Waals surface area contributed by atoms with Crippen molar-refractivity contribution in [3.63, 3.8) is 0 Å². The van der Waals surface area contributed by atoms with Gasteiger partial charge in [0.05, 0.1) is 23.7 Å². The summed E-state index contributed by atoms with van der Waals surface area (Å²) in [5, 5.41) is 22.9. The van der Waals surface area contributed by atoms with E-state index in [2.05, 4.69) is 27.0 Å². The van der Waals surface area contributed by atoms with Gasteiger partial charge in [-0.25, -0.2) is 9.18 Å². The molecule has 0 radical (unpaired) electrons. The highest BCUT2D eigenvalue weighted by Crippen LogP contribution is 2.46. The molecule has 1 aliphatic heterocycles. The number of carbonyl (C=O) groups excluding carboxylic acids is 3. The maximum atomic E-state index is 13.8. The number of aromatic amines is 1. The van der Waals surface area contributed by atoms with E-state index in [0.29, 0.717) is 61.4 Å². The van der Waals surface area contributed by atoms with Gasteiger partial charge >= 0.3 is 5.69 Å². The van der Waals surface area contributed by atoms with Gasteiger partial charge in [-0.1, -0.05) is 12.1 Å². The Morgan fingerprint density at radius 2 is 1.59 bits per heavy atom. The van der Waals surface area contributed by atoms with Crippen molar-refractivity contribution in [2.45, 2.75) is 43.6 Å². The third kappa shape index (κ3) is 6.23. The SMILES string of the molecule is CNC(=O)c1ccc2c(c1)CCc1cc(C(=O)NC)ccc1C2(CCNCC(=O)N1CCC[C@H]1C#N)c1nn(-c2ccc(F)cc2)c(=O)[nH]1. The quantitative estimate of drug-likeness (QED) is 0.200. The van der Waals surface area contributed by atoms with Crippen molar-refractivity contribution in [2.75, 3.05) is 33.7 Å². The largest absolute Gasteiger partial charge is 0.355 e. The molecule has 252 valence electrons. The lowest BCUT2D eigenvalue weighted by atomic mass is 9.69. The number of carbonyl (C=O) groups is 3. The van der Waals surface area contributed by atoms with Crippen molar-refractivity contribution in [3.8, 4) is 11.8 Å². The lowest BCUT2D eigenvalue weighted by Crippen LogP contribution is -2.42. The summed E-state index contributed by atoms with van der Waals surface area (Å²) in [5.41, 5.74) is 3.00. The molecule has 4 aromatic rings. The first-order valence-electron chi connectivity index (χ1n) is 16.3. The maximum absolute atomic E-state index is 13.8. The number of aromatic nitrogens is 3. The highest BCUT2D eigenvalue weighted by atomic mass is 19.1. The first kappa shape index (κ1) is 33.3. The summed E-state index contributed by atoms with van der Waals surface area (Å²) in [4.78, 5) is 56.7. The van der Waals surface area contributed by atoms with Crippen LogP contribution in [0.2, 0.25) is 0 Å². The van der Waals surface area contributed by atoms with E-state index in [1.165, 1.54) is 28.9 Å². The number of hydrogen-bond acceptors (Lipinski definition) is 7. The number of hydrogen-bond donors (Lipinski definition) is 4. The van der Waals surface area contributed by atoms with E-state index in [-0.39, 0.29) is 24.3 Å². The number of amides is 3. The molecule has 2 aliphatic rings. The summed E-state index contributed by atoms with van der Waals surface area (Å²) in [6.45, 7) is 0.849. The lowest BCUT2D eigenvalue weighted by Gasteiger charge is -2.35. The lowest BCUT2D eigenvalue weighted by molar-refractivity contribution is -0.130. The van der Waals surface area contributed by atoms with Gasteiger partial charge < -0.3 is 20.9 Å². The molecule has 1 aliphatic carbocycles. The van der Waals surface area contributed by atoms with E-state index >= 15 is 0 Å². The maximum Gasteiger partial charge on any atom is 0.348 e. The van der Waals surface area contributed by atoms with Crippen molar-refractivity contribution in [1.82, 2.24) is 35.6 Å². The van der Waals surface area contributed by atoms with Gasteiger partial charge in [-0.15, -0.1) is 5.10 Å². The fourth-order valence-electron chi connectivity index (χ4n) is 7.11. The average molecular weight is 665 g/mol. The number of nitriles is 1. The Bertz CT molecular complexity index is 1940. The Morgan fingerprint density at radius 1 is 0.980 bits per heavy atom. The van der Waals surface area contributed by atoms with Crippen LogP contribution in [0, 0.1) is 17.1 Å². The topological polar surface area (TPSA) is 165 Å². The summed E-state index contributed by atoms with van der Waals surface area (Å²) in [6, 6.07) is 18.1. The standard InChI is InChI=1S/C36H37FN8O4/c1-39-32(47)24-7-13-29-22(18-24)5-6-23-19-25(33(48)40-2)8-14-30(23)36(29,15-16-41-21-31(46)44-17-3-4-28(44)20-38)34-42-35(49)45(43-34)27-11-9-26(37)10-12-27/h7-14,18-19,28,41H,3-6,15-17,21H2,1-2H3,(H,39,47)(H,40,48)(H,42,43,49)/t28-/m0/s1. The van der Waals surface area contributed by atoms with Crippen LogP contribution in [0.1, 0.15) is 68.1 Å². The van der Waals surface area contributed by atoms with Gasteiger partial charge in [0.25, 0.3) is 11.8 Å². The van der Waals surface area contributed by atoms with Crippen molar-refractivity contribution in [3.05, 3.63) is 116 Å². The van der Waals surface area contributed by atoms with E-state index in [9.17, 15) is 28.8 Å². The zero-order valence-electron chi connectivity index (χ0n) is 27.3. The zero-order valence-corrected chi connectivity index (χ0v) is 27.3. The van der Waals surface area contributed by atoms with Gasteiger partial charge in [0.1, 0.15) is 17.7 Å². The number of fused-ring (bicyclic) bond motifs is 2. The van der Waals surface area contributed by atoms with Crippen LogP contribution in [-0.2, 0) is 23.1 Å². The van der Waals surface area contributed by atoms with Crippen LogP contribution in [0.5, 0.6) is 0 Å². The molecule has 4 N–H and O–H groups in total. The predicted molar refractivity (Wildman–Crippen MR) is 179 cm³/mol. The summed E-state index contributed by atoms with van der Waals surface area (Å²) in [6.07, 6.45) is 2.81. The molecule has 1 fully saturated rings. The van der Waals surface area contributed by atoms with Crippen molar-refractivity contribution in [2.24, 2.45) is 0 Å². The Kier molecular flexibility index (Phi) is 9.42. The number of H-pyrrole nitrogens is 1. The molecule has 0 saturated carbocycles. The Morgan fingerprint density at radius 3 is 2.16 bits per heavy atom. The first-order valence-corrected chi connectivity index (χ1v) is 16.3. The molecule has 1 aromatic heterocycles. The van der Waals surface area contributed by atoms with Gasteiger partial charge in [0.15, 0.2) is 0 Å². The average Bonchev–Trinajstić information content (AvgIpc) is 3.74. The molecular formula is C36H37FN8O4. The fourth-order valence-corrected chi connectivity index (χ4v) is 7.11. The third-order valence-corrected chi connectivity index (χ3v) is 9.54. The second-order valence-corrected chi connectivity index (χ2v) is 12.3.